The standard InChI is InChI=1S/C17H11Cl2NO3/c18-9-5-6-14(13(19)7-9)20-17(23)12-8-15(21)10-3-1-2-4-11(10)16(12)22/h1-8,21-22H,(H,20,23). The minimum atomic E-state index is -0.590. The Morgan fingerprint density at radius 2 is 1.65 bits per heavy atom. The van der Waals surface area contributed by atoms with Crippen LogP contribution in [0.2, 0.25) is 10.0 Å². The van der Waals surface area contributed by atoms with E-state index in [0.29, 0.717) is 21.5 Å². The van der Waals surface area contributed by atoms with Gasteiger partial charge in [-0.05, 0) is 24.3 Å². The van der Waals surface area contributed by atoms with Crippen LogP contribution in [0.4, 0.5) is 5.69 Å². The second-order valence-electron chi connectivity index (χ2n) is 4.92. The summed E-state index contributed by atoms with van der Waals surface area (Å²) in [6.45, 7) is 0. The van der Waals surface area contributed by atoms with Gasteiger partial charge in [0.1, 0.15) is 11.5 Å². The van der Waals surface area contributed by atoms with Crippen molar-refractivity contribution < 1.29 is 15.0 Å². The van der Waals surface area contributed by atoms with Crippen molar-refractivity contribution in [2.75, 3.05) is 5.32 Å². The molecule has 3 aromatic rings. The van der Waals surface area contributed by atoms with Crippen molar-refractivity contribution in [3.8, 4) is 11.5 Å². The summed E-state index contributed by atoms with van der Waals surface area (Å²) in [5, 5.41) is 24.5. The van der Waals surface area contributed by atoms with Crippen LogP contribution in [0, 0.1) is 0 Å². The van der Waals surface area contributed by atoms with Crippen LogP contribution in [0.25, 0.3) is 10.8 Å². The fraction of sp³-hybridized carbons (Fsp3) is 0. The molecule has 0 aliphatic carbocycles. The summed E-state index contributed by atoms with van der Waals surface area (Å²) in [4.78, 5) is 12.4. The number of fused-ring (bicyclic) bond motifs is 1. The highest BCUT2D eigenvalue weighted by Gasteiger charge is 2.17. The van der Waals surface area contributed by atoms with Gasteiger partial charge >= 0.3 is 0 Å². The molecule has 0 spiro atoms. The van der Waals surface area contributed by atoms with E-state index in [1.165, 1.54) is 12.1 Å². The molecule has 0 fully saturated rings. The van der Waals surface area contributed by atoms with Crippen LogP contribution in [0.5, 0.6) is 11.5 Å². The van der Waals surface area contributed by atoms with Gasteiger partial charge in [-0.2, -0.15) is 0 Å². The third-order valence-corrected chi connectivity index (χ3v) is 3.97. The first-order valence-corrected chi connectivity index (χ1v) is 7.43. The molecule has 3 N–H and O–H groups in total. The van der Waals surface area contributed by atoms with Gasteiger partial charge in [-0.15, -0.1) is 0 Å². The molecule has 0 heterocycles. The summed E-state index contributed by atoms with van der Waals surface area (Å²) in [7, 11) is 0. The number of carbonyl (C=O) groups is 1. The SMILES string of the molecule is O=C(Nc1ccc(Cl)cc1Cl)c1cc(O)c2ccccc2c1O. The number of aromatic hydroxyl groups is 2. The summed E-state index contributed by atoms with van der Waals surface area (Å²) in [6.07, 6.45) is 0. The van der Waals surface area contributed by atoms with Gasteiger partial charge in [0.25, 0.3) is 5.91 Å². The fourth-order valence-electron chi connectivity index (χ4n) is 2.29. The maximum absolute atomic E-state index is 12.4. The van der Waals surface area contributed by atoms with Crippen molar-refractivity contribution in [3.63, 3.8) is 0 Å². The summed E-state index contributed by atoms with van der Waals surface area (Å²) in [5.41, 5.74) is 0.306. The van der Waals surface area contributed by atoms with Crippen molar-refractivity contribution in [2.24, 2.45) is 0 Å². The molecule has 116 valence electrons. The van der Waals surface area contributed by atoms with Crippen LogP contribution in [-0.4, -0.2) is 16.1 Å². The summed E-state index contributed by atoms with van der Waals surface area (Å²) < 4.78 is 0. The predicted molar refractivity (Wildman–Crippen MR) is 91.7 cm³/mol. The minimum Gasteiger partial charge on any atom is -0.507 e. The lowest BCUT2D eigenvalue weighted by atomic mass is 10.0. The highest BCUT2D eigenvalue weighted by atomic mass is 35.5. The molecule has 3 aromatic carbocycles. The summed E-state index contributed by atoms with van der Waals surface area (Å²) in [6, 6.07) is 12.6. The fourth-order valence-corrected chi connectivity index (χ4v) is 2.75. The predicted octanol–water partition coefficient (Wildman–Crippen LogP) is 4.81. The Morgan fingerprint density at radius 1 is 0.957 bits per heavy atom. The lowest BCUT2D eigenvalue weighted by Crippen LogP contribution is -2.12. The third-order valence-electron chi connectivity index (χ3n) is 3.42. The number of halogens is 2. The molecule has 0 saturated heterocycles. The van der Waals surface area contributed by atoms with Crippen molar-refractivity contribution >= 4 is 45.6 Å². The molecule has 0 atom stereocenters. The molecule has 1 amide bonds. The average Bonchev–Trinajstić information content (AvgIpc) is 2.53. The molecular formula is C17H11Cl2NO3. The summed E-state index contributed by atoms with van der Waals surface area (Å²) >= 11 is 11.8. The van der Waals surface area contributed by atoms with Gasteiger partial charge in [-0.1, -0.05) is 47.5 Å². The van der Waals surface area contributed by atoms with E-state index in [1.807, 2.05) is 0 Å². The second-order valence-corrected chi connectivity index (χ2v) is 5.76. The number of hydrogen-bond donors (Lipinski definition) is 3. The van der Waals surface area contributed by atoms with E-state index < -0.39 is 5.91 Å². The molecule has 0 radical (unpaired) electrons. The van der Waals surface area contributed by atoms with E-state index in [1.54, 1.807) is 36.4 Å². The first-order chi connectivity index (χ1) is 11.0. The largest absolute Gasteiger partial charge is 0.507 e. The van der Waals surface area contributed by atoms with Gasteiger partial charge in [0.2, 0.25) is 0 Å². The Hall–Kier alpha value is -2.43. The first-order valence-electron chi connectivity index (χ1n) is 6.67. The topological polar surface area (TPSA) is 69.6 Å². The van der Waals surface area contributed by atoms with Crippen molar-refractivity contribution in [3.05, 3.63) is 64.1 Å². The van der Waals surface area contributed by atoms with Crippen molar-refractivity contribution in [1.82, 2.24) is 0 Å². The molecule has 0 bridgehead atoms. The van der Waals surface area contributed by atoms with Crippen LogP contribution in [0.3, 0.4) is 0 Å². The van der Waals surface area contributed by atoms with Crippen LogP contribution in [0.15, 0.2) is 48.5 Å². The van der Waals surface area contributed by atoms with E-state index in [0.717, 1.165) is 0 Å². The number of nitrogens with one attached hydrogen (secondary N) is 1. The zero-order valence-electron chi connectivity index (χ0n) is 11.7. The molecule has 23 heavy (non-hydrogen) atoms. The average molecular weight is 348 g/mol. The number of amides is 1. The first kappa shape index (κ1) is 15.5. The van der Waals surface area contributed by atoms with Crippen LogP contribution >= 0.6 is 23.2 Å². The van der Waals surface area contributed by atoms with Crippen LogP contribution in [-0.2, 0) is 0 Å². The second kappa shape index (κ2) is 5.99. The third kappa shape index (κ3) is 2.91. The Balaban J connectivity index is 2.03. The number of benzene rings is 3. The molecule has 0 saturated carbocycles. The molecule has 4 nitrogen and oxygen atoms in total. The number of carbonyl (C=O) groups excluding carboxylic acids is 1. The normalized spacial score (nSPS) is 10.7. The Morgan fingerprint density at radius 3 is 2.35 bits per heavy atom. The molecule has 3 rings (SSSR count). The van der Waals surface area contributed by atoms with Gasteiger partial charge in [-0.3, -0.25) is 4.79 Å². The van der Waals surface area contributed by atoms with E-state index in [-0.39, 0.29) is 22.1 Å². The molecule has 0 aromatic heterocycles. The highest BCUT2D eigenvalue weighted by molar-refractivity contribution is 6.36. The van der Waals surface area contributed by atoms with Crippen molar-refractivity contribution in [1.29, 1.82) is 0 Å². The number of hydrogen-bond acceptors (Lipinski definition) is 3. The number of phenolic OH excluding ortho intramolecular Hbond substituents is 2. The maximum atomic E-state index is 12.4. The number of rotatable bonds is 2. The van der Waals surface area contributed by atoms with Gasteiger partial charge in [0, 0.05) is 15.8 Å². The number of phenols is 2. The molecule has 0 aliphatic heterocycles. The van der Waals surface area contributed by atoms with E-state index in [2.05, 4.69) is 5.32 Å². The Labute approximate surface area is 141 Å². The monoisotopic (exact) mass is 347 g/mol. The molecule has 0 unspecified atom stereocenters. The molecular weight excluding hydrogens is 337 g/mol. The van der Waals surface area contributed by atoms with Gasteiger partial charge in [0.05, 0.1) is 16.3 Å². The zero-order valence-corrected chi connectivity index (χ0v) is 13.2. The minimum absolute atomic E-state index is 0.0489. The molecule has 0 aliphatic rings. The summed E-state index contributed by atoms with van der Waals surface area (Å²) in [5.74, 6) is -0.889. The number of anilines is 1. The van der Waals surface area contributed by atoms with Gasteiger partial charge in [0.15, 0.2) is 0 Å². The van der Waals surface area contributed by atoms with E-state index in [9.17, 15) is 15.0 Å². The lowest BCUT2D eigenvalue weighted by Gasteiger charge is -2.11. The smallest absolute Gasteiger partial charge is 0.259 e. The van der Waals surface area contributed by atoms with Crippen molar-refractivity contribution in [2.45, 2.75) is 0 Å². The van der Waals surface area contributed by atoms with E-state index in [4.69, 9.17) is 23.2 Å². The van der Waals surface area contributed by atoms with Gasteiger partial charge in [-0.25, -0.2) is 0 Å². The maximum Gasteiger partial charge on any atom is 0.259 e. The Kier molecular flexibility index (Phi) is 4.03. The van der Waals surface area contributed by atoms with Crippen LogP contribution < -0.4 is 5.32 Å². The van der Waals surface area contributed by atoms with Gasteiger partial charge < -0.3 is 15.5 Å². The van der Waals surface area contributed by atoms with Crippen LogP contribution in [0.1, 0.15) is 10.4 Å². The van der Waals surface area contributed by atoms with E-state index >= 15 is 0 Å². The quantitative estimate of drug-likeness (QED) is 0.582. The highest BCUT2D eigenvalue weighted by Crippen LogP contribution is 2.36. The lowest BCUT2D eigenvalue weighted by molar-refractivity contribution is 0.102. The zero-order chi connectivity index (χ0) is 16.6. The molecule has 6 heteroatoms. The Bertz CT molecular complexity index is 925.